The number of hydrogen-bond donors (Lipinski definition) is 0. The summed E-state index contributed by atoms with van der Waals surface area (Å²) >= 11 is 0. The van der Waals surface area contributed by atoms with Gasteiger partial charge in [-0.1, -0.05) is 64.4 Å². The summed E-state index contributed by atoms with van der Waals surface area (Å²) in [6.45, 7) is 2.26. The van der Waals surface area contributed by atoms with Crippen molar-refractivity contribution >= 4 is 0 Å². The summed E-state index contributed by atoms with van der Waals surface area (Å²) in [5, 5.41) is 0. The second-order valence-electron chi connectivity index (χ2n) is 9.83. The van der Waals surface area contributed by atoms with Crippen LogP contribution in [0.25, 0.3) is 0 Å². The lowest BCUT2D eigenvalue weighted by Crippen LogP contribution is -2.25. The van der Waals surface area contributed by atoms with Crippen LogP contribution in [0.2, 0.25) is 0 Å². The first-order chi connectivity index (χ1) is 14.4. The molecule has 170 valence electrons. The molecule has 0 aromatic heterocycles. The van der Waals surface area contributed by atoms with Gasteiger partial charge in [0.25, 0.3) is 0 Å². The van der Waals surface area contributed by atoms with E-state index in [9.17, 15) is 17.6 Å². The molecule has 0 amide bonds. The predicted octanol–water partition coefficient (Wildman–Crippen LogP) is 9.29. The molecule has 0 heterocycles. The van der Waals surface area contributed by atoms with Crippen LogP contribution in [0.4, 0.5) is 17.6 Å². The highest BCUT2D eigenvalue weighted by Crippen LogP contribution is 2.45. The van der Waals surface area contributed by atoms with Crippen molar-refractivity contribution in [2.45, 2.75) is 109 Å². The van der Waals surface area contributed by atoms with E-state index in [2.05, 4.69) is 6.92 Å². The van der Waals surface area contributed by atoms with E-state index >= 15 is 0 Å². The SMILES string of the molecule is CCCCCCCC1CCC(C2CCC(c3ccc(C(F)(F)F)cc3F)CC2)CC1. The third-order valence-electron chi connectivity index (χ3n) is 7.81. The first kappa shape index (κ1) is 23.6. The minimum absolute atomic E-state index is 0.0722. The predicted molar refractivity (Wildman–Crippen MR) is 115 cm³/mol. The highest BCUT2D eigenvalue weighted by molar-refractivity contribution is 5.29. The second kappa shape index (κ2) is 11.0. The van der Waals surface area contributed by atoms with Crippen LogP contribution in [0, 0.1) is 23.6 Å². The average molecular weight is 427 g/mol. The van der Waals surface area contributed by atoms with Gasteiger partial charge in [0.2, 0.25) is 0 Å². The van der Waals surface area contributed by atoms with Crippen LogP contribution in [0.1, 0.15) is 114 Å². The fourth-order valence-corrected chi connectivity index (χ4v) is 5.92. The third-order valence-corrected chi connectivity index (χ3v) is 7.81. The number of halogens is 4. The zero-order chi connectivity index (χ0) is 21.6. The van der Waals surface area contributed by atoms with E-state index in [1.807, 2.05) is 0 Å². The Kier molecular flexibility index (Phi) is 8.65. The Hall–Kier alpha value is -1.06. The van der Waals surface area contributed by atoms with Crippen LogP contribution in [-0.2, 0) is 6.18 Å². The van der Waals surface area contributed by atoms with Crippen LogP contribution in [0.3, 0.4) is 0 Å². The van der Waals surface area contributed by atoms with E-state index in [0.29, 0.717) is 11.6 Å². The molecule has 0 spiro atoms. The lowest BCUT2D eigenvalue weighted by Gasteiger charge is -2.38. The molecule has 0 saturated heterocycles. The van der Waals surface area contributed by atoms with E-state index in [-0.39, 0.29) is 5.92 Å². The Labute approximate surface area is 179 Å². The Bertz CT molecular complexity index is 635. The minimum Gasteiger partial charge on any atom is -0.207 e. The highest BCUT2D eigenvalue weighted by Gasteiger charge is 2.34. The van der Waals surface area contributed by atoms with Crippen molar-refractivity contribution in [2.75, 3.05) is 0 Å². The van der Waals surface area contributed by atoms with Gasteiger partial charge in [0.1, 0.15) is 5.82 Å². The summed E-state index contributed by atoms with van der Waals surface area (Å²) in [6.07, 6.45) is 13.2. The molecule has 30 heavy (non-hydrogen) atoms. The zero-order valence-corrected chi connectivity index (χ0v) is 18.5. The molecule has 1 aromatic carbocycles. The topological polar surface area (TPSA) is 0 Å². The zero-order valence-electron chi connectivity index (χ0n) is 18.5. The van der Waals surface area contributed by atoms with Gasteiger partial charge >= 0.3 is 6.18 Å². The van der Waals surface area contributed by atoms with Gasteiger partial charge in [0.05, 0.1) is 5.56 Å². The van der Waals surface area contributed by atoms with Gasteiger partial charge in [-0.25, -0.2) is 4.39 Å². The summed E-state index contributed by atoms with van der Waals surface area (Å²) in [7, 11) is 0. The fourth-order valence-electron chi connectivity index (χ4n) is 5.92. The molecule has 0 aliphatic heterocycles. The van der Waals surface area contributed by atoms with Gasteiger partial charge in [-0.2, -0.15) is 13.2 Å². The van der Waals surface area contributed by atoms with E-state index in [1.165, 1.54) is 70.3 Å². The molecule has 2 aliphatic carbocycles. The summed E-state index contributed by atoms with van der Waals surface area (Å²) in [5.41, 5.74) is -0.409. The minimum atomic E-state index is -4.48. The van der Waals surface area contributed by atoms with Crippen molar-refractivity contribution in [3.63, 3.8) is 0 Å². The normalized spacial score (nSPS) is 27.9. The smallest absolute Gasteiger partial charge is 0.207 e. The largest absolute Gasteiger partial charge is 0.416 e. The maximum absolute atomic E-state index is 14.3. The molecule has 2 aliphatic rings. The Morgan fingerprint density at radius 3 is 1.97 bits per heavy atom. The van der Waals surface area contributed by atoms with Crippen molar-refractivity contribution in [2.24, 2.45) is 17.8 Å². The standard InChI is InChI=1S/C26H38F4/c1-2-3-4-5-6-7-19-8-10-20(11-9-19)21-12-14-22(15-13-21)24-17-16-23(18-25(24)27)26(28,29)30/h16-22H,2-15H2,1H3. The quantitative estimate of drug-likeness (QED) is 0.287. The van der Waals surface area contributed by atoms with Gasteiger partial charge in [-0.05, 0) is 79.9 Å². The molecule has 0 bridgehead atoms. The third kappa shape index (κ3) is 6.47. The number of benzene rings is 1. The molecule has 2 fully saturated rings. The summed E-state index contributed by atoms with van der Waals surface area (Å²) in [4.78, 5) is 0. The lowest BCUT2D eigenvalue weighted by molar-refractivity contribution is -0.137. The molecule has 3 rings (SSSR count). The number of alkyl halides is 3. The maximum atomic E-state index is 14.3. The van der Waals surface area contributed by atoms with Crippen molar-refractivity contribution in [3.05, 3.63) is 35.1 Å². The Morgan fingerprint density at radius 1 is 0.800 bits per heavy atom. The van der Waals surface area contributed by atoms with Crippen LogP contribution < -0.4 is 0 Å². The number of rotatable bonds is 8. The van der Waals surface area contributed by atoms with Crippen LogP contribution in [0.5, 0.6) is 0 Å². The van der Waals surface area contributed by atoms with Crippen LogP contribution >= 0.6 is 0 Å². The average Bonchev–Trinajstić information content (AvgIpc) is 2.73. The molecule has 0 radical (unpaired) electrons. The second-order valence-corrected chi connectivity index (χ2v) is 9.83. The van der Waals surface area contributed by atoms with Crippen molar-refractivity contribution in [1.82, 2.24) is 0 Å². The Morgan fingerprint density at radius 2 is 1.40 bits per heavy atom. The van der Waals surface area contributed by atoms with Gasteiger partial charge in [-0.15, -0.1) is 0 Å². The van der Waals surface area contributed by atoms with Crippen LogP contribution in [0.15, 0.2) is 18.2 Å². The van der Waals surface area contributed by atoms with Gasteiger partial charge < -0.3 is 0 Å². The monoisotopic (exact) mass is 426 g/mol. The first-order valence-electron chi connectivity index (χ1n) is 12.2. The molecule has 4 heteroatoms. The lowest BCUT2D eigenvalue weighted by atomic mass is 9.68. The highest BCUT2D eigenvalue weighted by atomic mass is 19.4. The summed E-state index contributed by atoms with van der Waals surface area (Å²) in [6, 6.07) is 3.08. The van der Waals surface area contributed by atoms with E-state index in [1.54, 1.807) is 0 Å². The van der Waals surface area contributed by atoms with E-state index in [4.69, 9.17) is 0 Å². The van der Waals surface area contributed by atoms with Gasteiger partial charge in [-0.3, -0.25) is 0 Å². The fraction of sp³-hybridized carbons (Fsp3) is 0.769. The maximum Gasteiger partial charge on any atom is 0.416 e. The number of unbranched alkanes of at least 4 members (excludes halogenated alkanes) is 4. The van der Waals surface area contributed by atoms with Crippen molar-refractivity contribution in [1.29, 1.82) is 0 Å². The molecule has 0 atom stereocenters. The van der Waals surface area contributed by atoms with E-state index in [0.717, 1.165) is 49.5 Å². The van der Waals surface area contributed by atoms with E-state index < -0.39 is 17.6 Å². The molecule has 2 saturated carbocycles. The van der Waals surface area contributed by atoms with Crippen molar-refractivity contribution < 1.29 is 17.6 Å². The van der Waals surface area contributed by atoms with Crippen molar-refractivity contribution in [3.8, 4) is 0 Å². The molecule has 0 nitrogen and oxygen atoms in total. The number of hydrogen-bond acceptors (Lipinski definition) is 0. The summed E-state index contributed by atoms with van der Waals surface area (Å²) < 4.78 is 52.7. The molecular weight excluding hydrogens is 388 g/mol. The molecule has 1 aromatic rings. The van der Waals surface area contributed by atoms with Crippen LogP contribution in [-0.4, -0.2) is 0 Å². The molecular formula is C26H38F4. The Balaban J connectivity index is 1.41. The van der Waals surface area contributed by atoms with Gasteiger partial charge in [0.15, 0.2) is 0 Å². The molecule has 0 unspecified atom stereocenters. The van der Waals surface area contributed by atoms with Gasteiger partial charge in [0, 0.05) is 0 Å². The first-order valence-corrected chi connectivity index (χ1v) is 12.2. The molecule has 0 N–H and O–H groups in total. The summed E-state index contributed by atoms with van der Waals surface area (Å²) in [5.74, 6) is 1.83.